The van der Waals surface area contributed by atoms with Crippen molar-refractivity contribution in [1.29, 1.82) is 0 Å². The quantitative estimate of drug-likeness (QED) is 0.709. The standard InChI is InChI=1S/C20H23BrN2O3S/c1-13-5-3-7-16(14(13)2)22-19(24)12-23(11-15-6-4-10-26-15)20(25)17-8-9-18(21)27-17/h3,5,7-9,15H,4,6,10-12H2,1-2H3,(H,22,24)/t15-/m1/s1. The first-order valence-corrected chi connectivity index (χ1v) is 10.6. The van der Waals surface area contributed by atoms with Crippen molar-refractivity contribution in [2.24, 2.45) is 0 Å². The Morgan fingerprint density at radius 2 is 2.11 bits per heavy atom. The Hall–Kier alpha value is -1.70. The number of nitrogens with one attached hydrogen (secondary N) is 1. The van der Waals surface area contributed by atoms with Crippen molar-refractivity contribution in [2.75, 3.05) is 25.0 Å². The molecule has 1 aliphatic heterocycles. The molecule has 0 aliphatic carbocycles. The van der Waals surface area contributed by atoms with Crippen molar-refractivity contribution in [3.8, 4) is 0 Å². The SMILES string of the molecule is Cc1cccc(NC(=O)CN(C[C@H]2CCCO2)C(=O)c2ccc(Br)s2)c1C. The number of carbonyl (C=O) groups excluding carboxylic acids is 2. The van der Waals surface area contributed by atoms with E-state index >= 15 is 0 Å². The summed E-state index contributed by atoms with van der Waals surface area (Å²) in [5.74, 6) is -0.344. The zero-order valence-electron chi connectivity index (χ0n) is 15.5. The lowest BCUT2D eigenvalue weighted by Crippen LogP contribution is -2.42. The van der Waals surface area contributed by atoms with E-state index in [2.05, 4.69) is 21.2 Å². The van der Waals surface area contributed by atoms with Gasteiger partial charge in [-0.1, -0.05) is 12.1 Å². The van der Waals surface area contributed by atoms with Gasteiger partial charge in [-0.2, -0.15) is 0 Å². The van der Waals surface area contributed by atoms with Crippen LogP contribution >= 0.6 is 27.3 Å². The van der Waals surface area contributed by atoms with Gasteiger partial charge in [-0.3, -0.25) is 9.59 Å². The summed E-state index contributed by atoms with van der Waals surface area (Å²) in [5.41, 5.74) is 2.93. The maximum atomic E-state index is 12.9. The zero-order chi connectivity index (χ0) is 19.4. The number of amides is 2. The fraction of sp³-hybridized carbons (Fsp3) is 0.400. The molecule has 0 unspecified atom stereocenters. The summed E-state index contributed by atoms with van der Waals surface area (Å²) in [5, 5.41) is 2.94. The summed E-state index contributed by atoms with van der Waals surface area (Å²) in [4.78, 5) is 27.8. The Morgan fingerprint density at radius 3 is 2.78 bits per heavy atom. The molecule has 2 heterocycles. The molecule has 144 valence electrons. The van der Waals surface area contributed by atoms with Gasteiger partial charge in [0.05, 0.1) is 14.8 Å². The van der Waals surface area contributed by atoms with Gasteiger partial charge in [-0.05, 0) is 71.9 Å². The number of hydrogen-bond acceptors (Lipinski definition) is 4. The Labute approximate surface area is 171 Å². The molecule has 0 radical (unpaired) electrons. The van der Waals surface area contributed by atoms with Crippen LogP contribution in [0.15, 0.2) is 34.1 Å². The third-order valence-corrected chi connectivity index (χ3v) is 6.34. The first kappa shape index (κ1) is 20.0. The average Bonchev–Trinajstić information content (AvgIpc) is 3.29. The highest BCUT2D eigenvalue weighted by Gasteiger charge is 2.26. The van der Waals surface area contributed by atoms with Crippen LogP contribution in [-0.4, -0.2) is 42.5 Å². The molecular formula is C20H23BrN2O3S. The Morgan fingerprint density at radius 1 is 1.30 bits per heavy atom. The molecule has 1 aromatic heterocycles. The maximum absolute atomic E-state index is 12.9. The predicted molar refractivity (Wildman–Crippen MR) is 111 cm³/mol. The van der Waals surface area contributed by atoms with Crippen molar-refractivity contribution >= 4 is 44.8 Å². The van der Waals surface area contributed by atoms with Crippen molar-refractivity contribution in [3.63, 3.8) is 0 Å². The molecule has 0 bridgehead atoms. The van der Waals surface area contributed by atoms with E-state index in [-0.39, 0.29) is 24.5 Å². The van der Waals surface area contributed by atoms with E-state index in [9.17, 15) is 9.59 Å². The number of anilines is 1. The second-order valence-corrected chi connectivity index (χ2v) is 9.18. The normalized spacial score (nSPS) is 16.3. The lowest BCUT2D eigenvalue weighted by molar-refractivity contribution is -0.117. The van der Waals surface area contributed by atoms with E-state index in [1.807, 2.05) is 38.1 Å². The first-order chi connectivity index (χ1) is 12.9. The fourth-order valence-electron chi connectivity index (χ4n) is 3.09. The topological polar surface area (TPSA) is 58.6 Å². The van der Waals surface area contributed by atoms with Crippen LogP contribution in [0.5, 0.6) is 0 Å². The van der Waals surface area contributed by atoms with Gasteiger partial charge >= 0.3 is 0 Å². The summed E-state index contributed by atoms with van der Waals surface area (Å²) in [6.45, 7) is 5.12. The van der Waals surface area contributed by atoms with Crippen LogP contribution in [0.25, 0.3) is 0 Å². The number of halogens is 1. The van der Waals surface area contributed by atoms with Gasteiger partial charge in [-0.25, -0.2) is 0 Å². The Kier molecular flexibility index (Phi) is 6.68. The molecular weight excluding hydrogens is 428 g/mol. The van der Waals surface area contributed by atoms with Crippen LogP contribution in [0.1, 0.15) is 33.6 Å². The fourth-order valence-corrected chi connectivity index (χ4v) is 4.44. The molecule has 3 rings (SSSR count). The molecule has 0 spiro atoms. The van der Waals surface area contributed by atoms with Gasteiger partial charge in [-0.15, -0.1) is 11.3 Å². The summed E-state index contributed by atoms with van der Waals surface area (Å²) in [6, 6.07) is 9.42. The molecule has 2 aromatic rings. The predicted octanol–water partition coefficient (Wildman–Crippen LogP) is 4.39. The van der Waals surface area contributed by atoms with Crippen LogP contribution in [0.2, 0.25) is 0 Å². The molecule has 27 heavy (non-hydrogen) atoms. The summed E-state index contributed by atoms with van der Waals surface area (Å²) >= 11 is 4.76. The van der Waals surface area contributed by atoms with Gasteiger partial charge in [0.15, 0.2) is 0 Å². The number of ether oxygens (including phenoxy) is 1. The van der Waals surface area contributed by atoms with Gasteiger partial charge in [0, 0.05) is 18.8 Å². The van der Waals surface area contributed by atoms with E-state index in [0.717, 1.165) is 33.4 Å². The second kappa shape index (κ2) is 8.99. The van der Waals surface area contributed by atoms with Crippen molar-refractivity contribution in [2.45, 2.75) is 32.8 Å². The molecule has 1 saturated heterocycles. The Balaban J connectivity index is 1.72. The van der Waals surface area contributed by atoms with Crippen LogP contribution in [0.4, 0.5) is 5.69 Å². The minimum Gasteiger partial charge on any atom is -0.376 e. The lowest BCUT2D eigenvalue weighted by Gasteiger charge is -2.24. The second-order valence-electron chi connectivity index (χ2n) is 6.72. The molecule has 7 heteroatoms. The number of thiophene rings is 1. The molecule has 1 atom stereocenters. The summed E-state index contributed by atoms with van der Waals surface area (Å²) < 4.78 is 6.57. The highest BCUT2D eigenvalue weighted by molar-refractivity contribution is 9.11. The smallest absolute Gasteiger partial charge is 0.264 e. The van der Waals surface area contributed by atoms with Gasteiger partial charge in [0.1, 0.15) is 6.54 Å². The van der Waals surface area contributed by atoms with Crippen molar-refractivity contribution < 1.29 is 14.3 Å². The largest absolute Gasteiger partial charge is 0.376 e. The number of aryl methyl sites for hydroxylation is 1. The van der Waals surface area contributed by atoms with Crippen LogP contribution in [0, 0.1) is 13.8 Å². The van der Waals surface area contributed by atoms with E-state index in [4.69, 9.17) is 4.74 Å². The lowest BCUT2D eigenvalue weighted by atomic mass is 10.1. The molecule has 1 aliphatic rings. The van der Waals surface area contributed by atoms with Gasteiger partial charge < -0.3 is 15.0 Å². The van der Waals surface area contributed by atoms with E-state index in [0.29, 0.717) is 18.0 Å². The van der Waals surface area contributed by atoms with E-state index in [1.54, 1.807) is 11.0 Å². The molecule has 2 amide bonds. The van der Waals surface area contributed by atoms with Gasteiger partial charge in [0.25, 0.3) is 5.91 Å². The van der Waals surface area contributed by atoms with E-state index in [1.165, 1.54) is 11.3 Å². The number of benzene rings is 1. The minimum atomic E-state index is -0.203. The molecule has 5 nitrogen and oxygen atoms in total. The van der Waals surface area contributed by atoms with Crippen LogP contribution in [0.3, 0.4) is 0 Å². The number of carbonyl (C=O) groups is 2. The molecule has 1 N–H and O–H groups in total. The first-order valence-electron chi connectivity index (χ1n) is 8.96. The van der Waals surface area contributed by atoms with Crippen LogP contribution in [-0.2, 0) is 9.53 Å². The van der Waals surface area contributed by atoms with E-state index < -0.39 is 0 Å². The number of rotatable bonds is 6. The number of nitrogens with zero attached hydrogens (tertiary/aromatic N) is 1. The Bertz CT molecular complexity index is 830. The minimum absolute atomic E-state index is 0.00158. The zero-order valence-corrected chi connectivity index (χ0v) is 17.9. The molecule has 1 aromatic carbocycles. The third-order valence-electron chi connectivity index (χ3n) is 4.73. The van der Waals surface area contributed by atoms with Crippen molar-refractivity contribution in [3.05, 3.63) is 50.1 Å². The molecule has 0 saturated carbocycles. The van der Waals surface area contributed by atoms with Crippen LogP contribution < -0.4 is 5.32 Å². The van der Waals surface area contributed by atoms with Crippen molar-refractivity contribution in [1.82, 2.24) is 4.90 Å². The van der Waals surface area contributed by atoms with Gasteiger partial charge in [0.2, 0.25) is 5.91 Å². The summed E-state index contributed by atoms with van der Waals surface area (Å²) in [6.07, 6.45) is 1.90. The third kappa shape index (κ3) is 5.18. The maximum Gasteiger partial charge on any atom is 0.264 e. The molecule has 1 fully saturated rings. The average molecular weight is 451 g/mol. The highest BCUT2D eigenvalue weighted by atomic mass is 79.9. The number of hydrogen-bond donors (Lipinski definition) is 1. The monoisotopic (exact) mass is 450 g/mol. The summed E-state index contributed by atoms with van der Waals surface area (Å²) in [7, 11) is 0. The highest BCUT2D eigenvalue weighted by Crippen LogP contribution is 2.24.